The van der Waals surface area contributed by atoms with Gasteiger partial charge in [0.15, 0.2) is 5.78 Å². The molecular weight excluding hydrogens is 224 g/mol. The van der Waals surface area contributed by atoms with E-state index >= 15 is 0 Å². The normalized spacial score (nSPS) is 9.72. The van der Waals surface area contributed by atoms with Crippen LogP contribution in [-0.2, 0) is 7.05 Å². The number of ketones is 1. The number of aryl methyl sites for hydroxylation is 2. The van der Waals surface area contributed by atoms with E-state index in [-0.39, 0.29) is 5.78 Å². The van der Waals surface area contributed by atoms with Crippen molar-refractivity contribution < 1.29 is 4.79 Å². The maximum atomic E-state index is 11.3. The van der Waals surface area contributed by atoms with Crippen LogP contribution in [0.15, 0.2) is 30.7 Å². The summed E-state index contributed by atoms with van der Waals surface area (Å²) in [5.41, 5.74) is 3.48. The minimum Gasteiger partial charge on any atom is -0.327 e. The Hall–Kier alpha value is -2.34. The molecule has 0 saturated carbocycles. The standard InChI is InChI=1S/C15H14N2O/c1-11-4-5-14(12(2)18)8-13(11)6-7-15-9-16-10-17(15)3/h4-5,8-10H,1-3H3. The third-order valence-corrected chi connectivity index (χ3v) is 2.79. The van der Waals surface area contributed by atoms with Crippen LogP contribution in [0.1, 0.15) is 34.1 Å². The lowest BCUT2D eigenvalue weighted by Gasteiger charge is -2.00. The first-order valence-corrected chi connectivity index (χ1v) is 5.68. The Kier molecular flexibility index (Phi) is 3.29. The molecule has 2 aromatic rings. The van der Waals surface area contributed by atoms with Crippen molar-refractivity contribution in [3.63, 3.8) is 0 Å². The Morgan fingerprint density at radius 2 is 2.11 bits per heavy atom. The van der Waals surface area contributed by atoms with Crippen LogP contribution in [0.3, 0.4) is 0 Å². The van der Waals surface area contributed by atoms with E-state index in [1.165, 1.54) is 0 Å². The average Bonchev–Trinajstić information content (AvgIpc) is 2.73. The van der Waals surface area contributed by atoms with Gasteiger partial charge in [0.2, 0.25) is 0 Å². The van der Waals surface area contributed by atoms with Crippen molar-refractivity contribution >= 4 is 5.78 Å². The molecule has 0 fully saturated rings. The van der Waals surface area contributed by atoms with Gasteiger partial charge >= 0.3 is 0 Å². The molecule has 0 amide bonds. The number of hydrogen-bond acceptors (Lipinski definition) is 2. The van der Waals surface area contributed by atoms with Gasteiger partial charge in [-0.05, 0) is 31.4 Å². The van der Waals surface area contributed by atoms with E-state index in [1.54, 1.807) is 19.4 Å². The number of carbonyl (C=O) groups excluding carboxylic acids is 1. The molecule has 2 rings (SSSR count). The quantitative estimate of drug-likeness (QED) is 0.564. The molecule has 0 atom stereocenters. The van der Waals surface area contributed by atoms with Crippen molar-refractivity contribution in [2.45, 2.75) is 13.8 Å². The molecule has 0 N–H and O–H groups in total. The van der Waals surface area contributed by atoms with Crippen LogP contribution in [0.4, 0.5) is 0 Å². The molecule has 1 aromatic carbocycles. The maximum absolute atomic E-state index is 11.3. The second kappa shape index (κ2) is 4.89. The van der Waals surface area contributed by atoms with Crippen molar-refractivity contribution in [1.82, 2.24) is 9.55 Å². The van der Waals surface area contributed by atoms with Crippen molar-refractivity contribution in [3.05, 3.63) is 53.1 Å². The van der Waals surface area contributed by atoms with Gasteiger partial charge in [-0.1, -0.05) is 18.1 Å². The molecule has 0 aliphatic rings. The second-order valence-electron chi connectivity index (χ2n) is 4.23. The molecule has 0 bridgehead atoms. The molecule has 0 unspecified atom stereocenters. The van der Waals surface area contributed by atoms with E-state index in [9.17, 15) is 4.79 Å². The van der Waals surface area contributed by atoms with Crippen molar-refractivity contribution in [1.29, 1.82) is 0 Å². The molecule has 0 saturated heterocycles. The zero-order chi connectivity index (χ0) is 13.1. The number of aromatic nitrogens is 2. The predicted molar refractivity (Wildman–Crippen MR) is 70.4 cm³/mol. The van der Waals surface area contributed by atoms with E-state index in [0.29, 0.717) is 5.56 Å². The summed E-state index contributed by atoms with van der Waals surface area (Å²) in [5.74, 6) is 6.20. The predicted octanol–water partition coefficient (Wildman–Crippen LogP) is 2.33. The largest absolute Gasteiger partial charge is 0.327 e. The van der Waals surface area contributed by atoms with Crippen LogP contribution in [0, 0.1) is 18.8 Å². The molecule has 3 nitrogen and oxygen atoms in total. The summed E-state index contributed by atoms with van der Waals surface area (Å²) in [4.78, 5) is 15.3. The Balaban J connectivity index is 2.40. The van der Waals surface area contributed by atoms with E-state index in [1.807, 2.05) is 36.7 Å². The number of Topliss-reactive ketones (excluding diaryl/α,β-unsaturated/α-hetero) is 1. The fourth-order valence-electron chi connectivity index (χ4n) is 1.58. The summed E-state index contributed by atoms with van der Waals surface area (Å²) in [6, 6.07) is 5.58. The van der Waals surface area contributed by atoms with E-state index < -0.39 is 0 Å². The van der Waals surface area contributed by atoms with E-state index in [4.69, 9.17) is 0 Å². The van der Waals surface area contributed by atoms with Crippen LogP contribution in [0.2, 0.25) is 0 Å². The Morgan fingerprint density at radius 3 is 2.72 bits per heavy atom. The van der Waals surface area contributed by atoms with Crippen molar-refractivity contribution in [3.8, 4) is 11.8 Å². The first kappa shape index (κ1) is 12.1. The van der Waals surface area contributed by atoms with Crippen LogP contribution < -0.4 is 0 Å². The first-order chi connectivity index (χ1) is 8.58. The summed E-state index contributed by atoms with van der Waals surface area (Å²) < 4.78 is 1.86. The molecular formula is C15H14N2O. The van der Waals surface area contributed by atoms with Crippen LogP contribution in [-0.4, -0.2) is 15.3 Å². The lowest BCUT2D eigenvalue weighted by Crippen LogP contribution is -1.94. The number of rotatable bonds is 1. The number of nitrogens with zero attached hydrogens (tertiary/aromatic N) is 2. The summed E-state index contributed by atoms with van der Waals surface area (Å²) in [5, 5.41) is 0. The molecule has 3 heteroatoms. The average molecular weight is 238 g/mol. The minimum atomic E-state index is 0.0542. The molecule has 90 valence electrons. The SMILES string of the molecule is CC(=O)c1ccc(C)c(C#Cc2cncn2C)c1. The van der Waals surface area contributed by atoms with Crippen molar-refractivity contribution in [2.24, 2.45) is 7.05 Å². The van der Waals surface area contributed by atoms with Gasteiger partial charge in [-0.15, -0.1) is 0 Å². The van der Waals surface area contributed by atoms with Gasteiger partial charge < -0.3 is 4.57 Å². The fraction of sp³-hybridized carbons (Fsp3) is 0.200. The summed E-state index contributed by atoms with van der Waals surface area (Å²) >= 11 is 0. The number of hydrogen-bond donors (Lipinski definition) is 0. The second-order valence-corrected chi connectivity index (χ2v) is 4.23. The number of imidazole rings is 1. The Morgan fingerprint density at radius 1 is 1.33 bits per heavy atom. The third kappa shape index (κ3) is 2.49. The van der Waals surface area contributed by atoms with Crippen LogP contribution in [0.25, 0.3) is 0 Å². The van der Waals surface area contributed by atoms with Gasteiger partial charge in [-0.3, -0.25) is 4.79 Å². The van der Waals surface area contributed by atoms with Gasteiger partial charge in [-0.25, -0.2) is 4.98 Å². The van der Waals surface area contributed by atoms with Gasteiger partial charge in [0.25, 0.3) is 0 Å². The number of benzene rings is 1. The number of carbonyl (C=O) groups is 1. The molecule has 1 heterocycles. The van der Waals surface area contributed by atoms with E-state index in [2.05, 4.69) is 16.8 Å². The van der Waals surface area contributed by atoms with Gasteiger partial charge in [0, 0.05) is 18.2 Å². The lowest BCUT2D eigenvalue weighted by atomic mass is 10.0. The van der Waals surface area contributed by atoms with Gasteiger partial charge in [0.1, 0.15) is 5.69 Å². The van der Waals surface area contributed by atoms with E-state index in [0.717, 1.165) is 16.8 Å². The fourth-order valence-corrected chi connectivity index (χ4v) is 1.58. The molecule has 0 aliphatic carbocycles. The zero-order valence-electron chi connectivity index (χ0n) is 10.7. The topological polar surface area (TPSA) is 34.9 Å². The first-order valence-electron chi connectivity index (χ1n) is 5.68. The Labute approximate surface area is 106 Å². The monoisotopic (exact) mass is 238 g/mol. The zero-order valence-corrected chi connectivity index (χ0v) is 10.7. The molecule has 0 radical (unpaired) electrons. The highest BCUT2D eigenvalue weighted by molar-refractivity contribution is 5.94. The molecule has 1 aromatic heterocycles. The highest BCUT2D eigenvalue weighted by Gasteiger charge is 2.02. The molecule has 18 heavy (non-hydrogen) atoms. The summed E-state index contributed by atoms with van der Waals surface area (Å²) in [6.45, 7) is 3.54. The van der Waals surface area contributed by atoms with Crippen LogP contribution >= 0.6 is 0 Å². The molecule has 0 aliphatic heterocycles. The molecule has 0 spiro atoms. The highest BCUT2D eigenvalue weighted by atomic mass is 16.1. The smallest absolute Gasteiger partial charge is 0.159 e. The van der Waals surface area contributed by atoms with Gasteiger partial charge in [0.05, 0.1) is 12.5 Å². The summed E-state index contributed by atoms with van der Waals surface area (Å²) in [7, 11) is 1.90. The van der Waals surface area contributed by atoms with Crippen molar-refractivity contribution in [2.75, 3.05) is 0 Å². The Bertz CT molecular complexity index is 657. The van der Waals surface area contributed by atoms with Crippen LogP contribution in [0.5, 0.6) is 0 Å². The highest BCUT2D eigenvalue weighted by Crippen LogP contribution is 2.11. The van der Waals surface area contributed by atoms with Gasteiger partial charge in [-0.2, -0.15) is 0 Å². The lowest BCUT2D eigenvalue weighted by molar-refractivity contribution is 0.101. The minimum absolute atomic E-state index is 0.0542. The summed E-state index contributed by atoms with van der Waals surface area (Å²) in [6.07, 6.45) is 3.43. The maximum Gasteiger partial charge on any atom is 0.159 e. The third-order valence-electron chi connectivity index (χ3n) is 2.79.